The first kappa shape index (κ1) is 20.6. The summed E-state index contributed by atoms with van der Waals surface area (Å²) in [6.07, 6.45) is -0.0891. The Morgan fingerprint density at radius 3 is 2.45 bits per heavy atom. The van der Waals surface area contributed by atoms with Gasteiger partial charge in [-0.1, -0.05) is 66.7 Å². The van der Waals surface area contributed by atoms with Gasteiger partial charge in [-0.2, -0.15) is 4.72 Å². The monoisotopic (exact) mass is 411 g/mol. The zero-order chi connectivity index (χ0) is 20.7. The molecule has 0 aliphatic heterocycles. The minimum absolute atomic E-state index is 0.0931. The number of hydrogen-bond donors (Lipinski definition) is 1. The van der Waals surface area contributed by atoms with Crippen molar-refractivity contribution < 1.29 is 22.7 Å². The molecule has 0 amide bonds. The molecule has 150 valence electrons. The Labute approximate surface area is 169 Å². The van der Waals surface area contributed by atoms with Crippen molar-refractivity contribution in [3.05, 3.63) is 83.8 Å². The van der Waals surface area contributed by atoms with Gasteiger partial charge in [0, 0.05) is 10.8 Å². The summed E-state index contributed by atoms with van der Waals surface area (Å²) in [5, 5.41) is 2.64. The van der Waals surface area contributed by atoms with Crippen LogP contribution in [0.25, 0.3) is 16.8 Å². The predicted octanol–water partition coefficient (Wildman–Crippen LogP) is 3.70. The van der Waals surface area contributed by atoms with Crippen LogP contribution in [0.3, 0.4) is 0 Å². The van der Waals surface area contributed by atoms with Crippen molar-refractivity contribution in [2.24, 2.45) is 0 Å². The average molecular weight is 411 g/mol. The van der Waals surface area contributed by atoms with E-state index in [0.29, 0.717) is 11.3 Å². The highest BCUT2D eigenvalue weighted by atomic mass is 32.2. The fraction of sp³-hybridized carbons (Fsp3) is 0.136. The van der Waals surface area contributed by atoms with Gasteiger partial charge in [0.2, 0.25) is 10.0 Å². The lowest BCUT2D eigenvalue weighted by Gasteiger charge is -2.19. The lowest BCUT2D eigenvalue weighted by Crippen LogP contribution is -2.45. The molecular weight excluding hydrogens is 390 g/mol. The highest BCUT2D eigenvalue weighted by Crippen LogP contribution is 2.26. The summed E-state index contributed by atoms with van der Waals surface area (Å²) in [4.78, 5) is 12.3. The van der Waals surface area contributed by atoms with E-state index in [-0.39, 0.29) is 6.61 Å². The quantitative estimate of drug-likeness (QED) is 0.452. The highest BCUT2D eigenvalue weighted by molar-refractivity contribution is 7.92. The van der Waals surface area contributed by atoms with E-state index in [1.807, 2.05) is 36.4 Å². The molecule has 1 unspecified atom stereocenters. The van der Waals surface area contributed by atoms with Crippen LogP contribution in [0.4, 0.5) is 0 Å². The Balaban J connectivity index is 1.85. The zero-order valence-corrected chi connectivity index (χ0v) is 16.6. The second-order valence-corrected chi connectivity index (χ2v) is 7.70. The highest BCUT2D eigenvalue weighted by Gasteiger charge is 2.27. The Hall–Kier alpha value is -3.16. The maximum absolute atomic E-state index is 12.5. The van der Waals surface area contributed by atoms with Crippen LogP contribution in [0.2, 0.25) is 0 Å². The minimum atomic E-state index is -3.97. The summed E-state index contributed by atoms with van der Waals surface area (Å²) < 4.78 is 37.9. The largest absolute Gasteiger partial charge is 0.462 e. The molecular formula is C22H21NO5S. The van der Waals surface area contributed by atoms with Crippen LogP contribution < -0.4 is 9.46 Å². The van der Waals surface area contributed by atoms with E-state index in [9.17, 15) is 13.2 Å². The van der Waals surface area contributed by atoms with Gasteiger partial charge < -0.3 is 9.47 Å². The summed E-state index contributed by atoms with van der Waals surface area (Å²) in [6, 6.07) is 21.7. The number of fused-ring (bicyclic) bond motifs is 1. The number of ether oxygens (including phenoxy) is 2. The fourth-order valence-corrected chi connectivity index (χ4v) is 3.54. The normalized spacial score (nSPS) is 12.7. The van der Waals surface area contributed by atoms with Crippen molar-refractivity contribution in [1.82, 2.24) is 4.72 Å². The third-order valence-electron chi connectivity index (χ3n) is 4.01. The number of hydrogen-bond acceptors (Lipinski definition) is 5. The molecule has 1 atom stereocenters. The van der Waals surface area contributed by atoms with E-state index >= 15 is 0 Å². The van der Waals surface area contributed by atoms with Crippen molar-refractivity contribution in [3.63, 3.8) is 0 Å². The fourth-order valence-electron chi connectivity index (χ4n) is 2.68. The third-order valence-corrected chi connectivity index (χ3v) is 5.04. The molecule has 0 aliphatic carbocycles. The summed E-state index contributed by atoms with van der Waals surface area (Å²) >= 11 is 0. The second-order valence-electron chi connectivity index (χ2n) is 6.10. The lowest BCUT2D eigenvalue weighted by molar-refractivity contribution is -0.151. The SMILES string of the molecule is CCOC(=O)C(NS(=O)(=O)C=Cc1ccccc1)Oc1cccc2ccccc12. The molecule has 3 rings (SSSR count). The van der Waals surface area contributed by atoms with Crippen LogP contribution in [0, 0.1) is 0 Å². The van der Waals surface area contributed by atoms with E-state index < -0.39 is 22.2 Å². The van der Waals surface area contributed by atoms with E-state index in [4.69, 9.17) is 9.47 Å². The van der Waals surface area contributed by atoms with Gasteiger partial charge in [0.05, 0.1) is 6.61 Å². The summed E-state index contributed by atoms with van der Waals surface area (Å²) in [5.41, 5.74) is 0.709. The van der Waals surface area contributed by atoms with Crippen LogP contribution in [0.5, 0.6) is 5.75 Å². The average Bonchev–Trinajstić information content (AvgIpc) is 2.73. The number of sulfonamides is 1. The minimum Gasteiger partial charge on any atom is -0.462 e. The van der Waals surface area contributed by atoms with Crippen LogP contribution in [-0.2, 0) is 19.6 Å². The molecule has 1 N–H and O–H groups in total. The molecule has 6 nitrogen and oxygen atoms in total. The third kappa shape index (κ3) is 5.66. The van der Waals surface area contributed by atoms with Crippen molar-refractivity contribution in [2.75, 3.05) is 6.61 Å². The van der Waals surface area contributed by atoms with Gasteiger partial charge in [0.1, 0.15) is 5.75 Å². The van der Waals surface area contributed by atoms with E-state index in [2.05, 4.69) is 4.72 Å². The molecule has 0 saturated heterocycles. The molecule has 0 radical (unpaired) electrons. The number of rotatable bonds is 8. The van der Waals surface area contributed by atoms with Crippen LogP contribution in [0.15, 0.2) is 78.2 Å². The summed E-state index contributed by atoms with van der Waals surface area (Å²) in [6.45, 7) is 1.73. The van der Waals surface area contributed by atoms with E-state index in [0.717, 1.165) is 16.2 Å². The predicted molar refractivity (Wildman–Crippen MR) is 113 cm³/mol. The molecule has 3 aromatic carbocycles. The maximum Gasteiger partial charge on any atom is 0.364 e. The second kappa shape index (κ2) is 9.36. The lowest BCUT2D eigenvalue weighted by atomic mass is 10.1. The van der Waals surface area contributed by atoms with Crippen molar-refractivity contribution in [3.8, 4) is 5.75 Å². The van der Waals surface area contributed by atoms with Crippen LogP contribution in [-0.4, -0.2) is 27.2 Å². The molecule has 0 aromatic heterocycles. The molecule has 0 heterocycles. The van der Waals surface area contributed by atoms with Gasteiger partial charge in [-0.15, -0.1) is 0 Å². The van der Waals surface area contributed by atoms with Gasteiger partial charge in [-0.25, -0.2) is 13.2 Å². The molecule has 0 saturated carbocycles. The van der Waals surface area contributed by atoms with Crippen molar-refractivity contribution in [2.45, 2.75) is 13.2 Å². The Morgan fingerprint density at radius 2 is 1.69 bits per heavy atom. The number of esters is 1. The summed E-state index contributed by atoms with van der Waals surface area (Å²) in [5.74, 6) is -0.451. The molecule has 0 aliphatic rings. The molecule has 0 spiro atoms. The van der Waals surface area contributed by atoms with Gasteiger partial charge in [0.15, 0.2) is 0 Å². The molecule has 29 heavy (non-hydrogen) atoms. The van der Waals surface area contributed by atoms with Gasteiger partial charge >= 0.3 is 5.97 Å². The van der Waals surface area contributed by atoms with Gasteiger partial charge in [-0.05, 0) is 30.0 Å². The topological polar surface area (TPSA) is 81.7 Å². The molecule has 0 fully saturated rings. The first-order valence-corrected chi connectivity index (χ1v) is 10.6. The number of carbonyl (C=O) groups excluding carboxylic acids is 1. The maximum atomic E-state index is 12.5. The Morgan fingerprint density at radius 1 is 1.00 bits per heavy atom. The van der Waals surface area contributed by atoms with Gasteiger partial charge in [0.25, 0.3) is 6.23 Å². The molecule has 3 aromatic rings. The number of carbonyl (C=O) groups is 1. The van der Waals surface area contributed by atoms with Crippen molar-refractivity contribution in [1.29, 1.82) is 0 Å². The Kier molecular flexibility index (Phi) is 6.64. The standard InChI is InChI=1S/C22H21NO5S/c1-2-27-22(24)21(23-29(25,26)16-15-17-9-4-3-5-10-17)28-20-14-8-12-18-11-6-7-13-19(18)20/h3-16,21,23H,2H2,1H3. The molecule has 7 heteroatoms. The van der Waals surface area contributed by atoms with Crippen LogP contribution in [0.1, 0.15) is 12.5 Å². The first-order valence-electron chi connectivity index (χ1n) is 9.05. The number of nitrogens with one attached hydrogen (secondary N) is 1. The van der Waals surface area contributed by atoms with E-state index in [1.54, 1.807) is 43.3 Å². The van der Waals surface area contributed by atoms with Crippen molar-refractivity contribution >= 4 is 32.8 Å². The molecule has 0 bridgehead atoms. The Bertz CT molecular complexity index is 1110. The number of benzene rings is 3. The summed E-state index contributed by atoms with van der Waals surface area (Å²) in [7, 11) is -3.97. The van der Waals surface area contributed by atoms with Crippen LogP contribution >= 0.6 is 0 Å². The zero-order valence-electron chi connectivity index (χ0n) is 15.8. The van der Waals surface area contributed by atoms with Gasteiger partial charge in [-0.3, -0.25) is 0 Å². The van der Waals surface area contributed by atoms with E-state index in [1.165, 1.54) is 6.08 Å². The smallest absolute Gasteiger partial charge is 0.364 e. The first-order chi connectivity index (χ1) is 14.0.